The van der Waals surface area contributed by atoms with Gasteiger partial charge in [-0.3, -0.25) is 14.4 Å². The first-order valence-corrected chi connectivity index (χ1v) is 12.3. The van der Waals surface area contributed by atoms with E-state index < -0.39 is 5.92 Å². The van der Waals surface area contributed by atoms with Gasteiger partial charge in [0.2, 0.25) is 5.91 Å². The molecular formula is C27H26FN3O5. The summed E-state index contributed by atoms with van der Waals surface area (Å²) in [7, 11) is 0. The van der Waals surface area contributed by atoms with Crippen molar-refractivity contribution in [2.75, 3.05) is 6.61 Å². The number of rotatable bonds is 4. The fourth-order valence-corrected chi connectivity index (χ4v) is 6.09. The number of ether oxygens (including phenoxy) is 1. The maximum atomic E-state index is 14.9. The fraction of sp³-hybridized carbons (Fsp3) is 0.407. The van der Waals surface area contributed by atoms with Crippen LogP contribution in [0.15, 0.2) is 16.9 Å². The summed E-state index contributed by atoms with van der Waals surface area (Å²) in [6.45, 7) is 3.58. The summed E-state index contributed by atoms with van der Waals surface area (Å²) in [5.41, 5.74) is 5.68. The van der Waals surface area contributed by atoms with E-state index in [9.17, 15) is 23.9 Å². The van der Waals surface area contributed by atoms with Gasteiger partial charge in [0.25, 0.3) is 5.56 Å². The molecule has 1 amide bonds. The van der Waals surface area contributed by atoms with Gasteiger partial charge in [-0.05, 0) is 54.5 Å². The molecule has 8 nitrogen and oxygen atoms in total. The van der Waals surface area contributed by atoms with E-state index in [0.717, 1.165) is 22.1 Å². The Bertz CT molecular complexity index is 1540. The number of carbonyl (C=O) groups is 2. The molecule has 0 saturated heterocycles. The summed E-state index contributed by atoms with van der Waals surface area (Å²) in [4.78, 5) is 43.2. The number of carbonyl (C=O) groups excluding carboxylic acids is 2. The van der Waals surface area contributed by atoms with Crippen LogP contribution in [0.4, 0.5) is 4.39 Å². The van der Waals surface area contributed by atoms with Crippen LogP contribution in [0, 0.1) is 12.7 Å². The Morgan fingerprint density at radius 2 is 2.08 bits per heavy atom. The number of pyridine rings is 2. The van der Waals surface area contributed by atoms with Gasteiger partial charge in [-0.2, -0.15) is 0 Å². The molecule has 0 fully saturated rings. The predicted octanol–water partition coefficient (Wildman–Crippen LogP) is 2.91. The van der Waals surface area contributed by atoms with Gasteiger partial charge in [-0.25, -0.2) is 9.37 Å². The van der Waals surface area contributed by atoms with Crippen LogP contribution in [0.1, 0.15) is 71.5 Å². The molecule has 1 aromatic carbocycles. The van der Waals surface area contributed by atoms with Crippen molar-refractivity contribution in [3.63, 3.8) is 0 Å². The standard InChI is InChI=1S/C27H26FN3O5/c1-3-13-15-8-21-25-16(10-31(21)26(34)17(15)11-36-27(13)35)24-19(29-22(33)6-7-32)5-4-14-12(2)18(28)9-20(30-25)23(14)24/h8-9,13,19,32H,3-7,10-11H2,1-2H3,(H,29,33). The molecule has 1 aliphatic carbocycles. The molecule has 2 unspecified atom stereocenters. The maximum absolute atomic E-state index is 14.9. The molecule has 0 spiro atoms. The average molecular weight is 492 g/mol. The molecule has 186 valence electrons. The number of nitrogens with one attached hydrogen (secondary N) is 1. The second-order valence-electron chi connectivity index (χ2n) is 9.76. The second kappa shape index (κ2) is 8.23. The Balaban J connectivity index is 1.62. The Kier molecular flexibility index (Phi) is 5.22. The van der Waals surface area contributed by atoms with Gasteiger partial charge in [0, 0.05) is 23.4 Å². The number of aryl methyl sites for hydroxylation is 1. The third-order valence-corrected chi connectivity index (χ3v) is 7.87. The van der Waals surface area contributed by atoms with Crippen LogP contribution < -0.4 is 10.9 Å². The van der Waals surface area contributed by atoms with Gasteiger partial charge in [0.05, 0.1) is 47.6 Å². The SMILES string of the molecule is CCC1C(=O)OCc2c1cc1n(c2=O)Cc2c-1nc1cc(F)c(C)c3c1c2C(NC(=O)CCO)CC3. The molecule has 36 heavy (non-hydrogen) atoms. The van der Waals surface area contributed by atoms with Crippen LogP contribution in [0.5, 0.6) is 0 Å². The zero-order valence-electron chi connectivity index (χ0n) is 20.1. The molecule has 6 rings (SSSR count). The van der Waals surface area contributed by atoms with Crippen LogP contribution in [0.3, 0.4) is 0 Å². The lowest BCUT2D eigenvalue weighted by molar-refractivity contribution is -0.148. The lowest BCUT2D eigenvalue weighted by atomic mass is 9.81. The molecule has 4 heterocycles. The number of hydrogen-bond acceptors (Lipinski definition) is 6. The van der Waals surface area contributed by atoms with Gasteiger partial charge in [-0.1, -0.05) is 6.92 Å². The van der Waals surface area contributed by atoms with Crippen molar-refractivity contribution in [2.45, 2.75) is 64.6 Å². The number of aromatic nitrogens is 2. The minimum absolute atomic E-state index is 0.0128. The molecule has 2 aromatic heterocycles. The Morgan fingerprint density at radius 1 is 1.28 bits per heavy atom. The monoisotopic (exact) mass is 491 g/mol. The average Bonchev–Trinajstić information content (AvgIpc) is 3.22. The summed E-state index contributed by atoms with van der Waals surface area (Å²) in [5.74, 6) is -1.48. The van der Waals surface area contributed by atoms with Crippen LogP contribution in [-0.4, -0.2) is 33.1 Å². The normalized spacial score (nSPS) is 19.5. The van der Waals surface area contributed by atoms with E-state index in [-0.39, 0.29) is 55.5 Å². The van der Waals surface area contributed by atoms with E-state index in [0.29, 0.717) is 52.9 Å². The van der Waals surface area contributed by atoms with E-state index in [1.807, 2.05) is 13.0 Å². The van der Waals surface area contributed by atoms with Crippen molar-refractivity contribution >= 4 is 22.8 Å². The number of cyclic esters (lactones) is 1. The number of amides is 1. The second-order valence-corrected chi connectivity index (χ2v) is 9.76. The van der Waals surface area contributed by atoms with Crippen LogP contribution in [0.25, 0.3) is 22.3 Å². The summed E-state index contributed by atoms with van der Waals surface area (Å²) < 4.78 is 21.8. The van der Waals surface area contributed by atoms with Gasteiger partial charge in [0.1, 0.15) is 12.4 Å². The van der Waals surface area contributed by atoms with E-state index >= 15 is 0 Å². The number of aliphatic hydroxyl groups excluding tert-OH is 1. The van der Waals surface area contributed by atoms with E-state index in [1.165, 1.54) is 6.07 Å². The highest BCUT2D eigenvalue weighted by Crippen LogP contribution is 2.45. The fourth-order valence-electron chi connectivity index (χ4n) is 6.09. The first-order valence-electron chi connectivity index (χ1n) is 12.3. The summed E-state index contributed by atoms with van der Waals surface area (Å²) in [6, 6.07) is 2.92. The third kappa shape index (κ3) is 3.15. The van der Waals surface area contributed by atoms with Crippen molar-refractivity contribution in [3.8, 4) is 11.4 Å². The van der Waals surface area contributed by atoms with Crippen LogP contribution in [-0.2, 0) is 33.9 Å². The quantitative estimate of drug-likeness (QED) is 0.425. The number of halogens is 1. The molecule has 0 radical (unpaired) electrons. The van der Waals surface area contributed by atoms with Gasteiger partial charge >= 0.3 is 5.97 Å². The Hall–Kier alpha value is -3.59. The topological polar surface area (TPSA) is 111 Å². The maximum Gasteiger partial charge on any atom is 0.313 e. The molecule has 3 aliphatic rings. The minimum atomic E-state index is -0.521. The van der Waals surface area contributed by atoms with Crippen LogP contribution >= 0.6 is 0 Å². The van der Waals surface area contributed by atoms with Crippen molar-refractivity contribution in [3.05, 3.63) is 61.7 Å². The Labute approximate surface area is 206 Å². The number of benzene rings is 1. The largest absolute Gasteiger partial charge is 0.460 e. The molecule has 2 N–H and O–H groups in total. The first-order chi connectivity index (χ1) is 17.3. The third-order valence-electron chi connectivity index (χ3n) is 7.87. The number of hydrogen-bond donors (Lipinski definition) is 2. The zero-order valence-corrected chi connectivity index (χ0v) is 20.1. The summed E-state index contributed by atoms with van der Waals surface area (Å²) >= 11 is 0. The molecule has 2 atom stereocenters. The highest BCUT2D eigenvalue weighted by Gasteiger charge is 2.37. The highest BCUT2D eigenvalue weighted by molar-refractivity contribution is 5.93. The molecular weight excluding hydrogens is 465 g/mol. The van der Waals surface area contributed by atoms with Crippen molar-refractivity contribution in [1.82, 2.24) is 14.9 Å². The zero-order chi connectivity index (χ0) is 25.3. The highest BCUT2D eigenvalue weighted by atomic mass is 19.1. The van der Waals surface area contributed by atoms with Crippen molar-refractivity contribution in [1.29, 1.82) is 0 Å². The van der Waals surface area contributed by atoms with Gasteiger partial charge in [0.15, 0.2) is 0 Å². The first kappa shape index (κ1) is 22.8. The number of nitrogens with zero attached hydrogens (tertiary/aromatic N) is 2. The summed E-state index contributed by atoms with van der Waals surface area (Å²) in [6.07, 6.45) is 1.64. The molecule has 0 bridgehead atoms. The molecule has 9 heteroatoms. The van der Waals surface area contributed by atoms with Crippen molar-refractivity contribution < 1.29 is 23.8 Å². The number of aliphatic hydroxyl groups is 1. The van der Waals surface area contributed by atoms with Gasteiger partial charge < -0.3 is 19.7 Å². The molecule has 0 saturated carbocycles. The van der Waals surface area contributed by atoms with Crippen LogP contribution in [0.2, 0.25) is 0 Å². The summed E-state index contributed by atoms with van der Waals surface area (Å²) in [5, 5.41) is 13.1. The number of fused-ring (bicyclic) bond motifs is 5. The van der Waals surface area contributed by atoms with E-state index in [4.69, 9.17) is 9.72 Å². The van der Waals surface area contributed by atoms with Gasteiger partial charge in [-0.15, -0.1) is 0 Å². The Morgan fingerprint density at radius 3 is 2.83 bits per heavy atom. The van der Waals surface area contributed by atoms with E-state index in [2.05, 4.69) is 5.32 Å². The predicted molar refractivity (Wildman–Crippen MR) is 129 cm³/mol. The van der Waals surface area contributed by atoms with E-state index in [1.54, 1.807) is 11.5 Å². The molecule has 3 aromatic rings. The van der Waals surface area contributed by atoms with Crippen molar-refractivity contribution in [2.24, 2.45) is 0 Å². The lowest BCUT2D eigenvalue weighted by Crippen LogP contribution is -2.33. The minimum Gasteiger partial charge on any atom is -0.460 e. The smallest absolute Gasteiger partial charge is 0.313 e. The molecule has 2 aliphatic heterocycles. The number of esters is 1. The lowest BCUT2D eigenvalue weighted by Gasteiger charge is -2.29.